The Kier molecular flexibility index (Phi) is 4.51. The van der Waals surface area contributed by atoms with E-state index in [1.807, 2.05) is 0 Å². The average molecular weight is 347 g/mol. The Morgan fingerprint density at radius 1 is 1.16 bits per heavy atom. The Morgan fingerprint density at radius 2 is 1.88 bits per heavy atom. The second-order valence-electron chi connectivity index (χ2n) is 5.37. The van der Waals surface area contributed by atoms with Crippen LogP contribution < -0.4 is 10.6 Å². The molecule has 0 saturated carbocycles. The third-order valence-electron chi connectivity index (χ3n) is 3.57. The van der Waals surface area contributed by atoms with Crippen molar-refractivity contribution in [1.29, 1.82) is 0 Å². The third-order valence-corrected chi connectivity index (χ3v) is 3.57. The molecule has 2 N–H and O–H groups in total. The third kappa shape index (κ3) is 3.52. The lowest BCUT2D eigenvalue weighted by Gasteiger charge is -2.08. The number of anilines is 1. The number of hydrogen-bond donors (Lipinski definition) is 2. The summed E-state index contributed by atoms with van der Waals surface area (Å²) in [6, 6.07) is 6.00. The minimum atomic E-state index is -0.853. The fourth-order valence-electron chi connectivity index (χ4n) is 2.38. The summed E-state index contributed by atoms with van der Waals surface area (Å²) in [7, 11) is 0. The van der Waals surface area contributed by atoms with E-state index < -0.39 is 23.4 Å². The molecule has 2 heterocycles. The van der Waals surface area contributed by atoms with Gasteiger partial charge in [0.2, 0.25) is 0 Å². The number of furan rings is 1. The smallest absolute Gasteiger partial charge is 0.319 e. The van der Waals surface area contributed by atoms with Gasteiger partial charge in [-0.15, -0.1) is 0 Å². The van der Waals surface area contributed by atoms with Crippen molar-refractivity contribution >= 4 is 11.7 Å². The quantitative estimate of drug-likeness (QED) is 0.743. The van der Waals surface area contributed by atoms with E-state index in [4.69, 9.17) is 8.94 Å². The minimum absolute atomic E-state index is 0.0469. The number of benzene rings is 1. The molecule has 0 fully saturated rings. The lowest BCUT2D eigenvalue weighted by atomic mass is 10.1. The lowest BCUT2D eigenvalue weighted by Crippen LogP contribution is -2.28. The molecule has 130 valence electrons. The van der Waals surface area contributed by atoms with Crippen molar-refractivity contribution in [3.8, 4) is 11.3 Å². The summed E-state index contributed by atoms with van der Waals surface area (Å²) in [5, 5.41) is 8.46. The van der Waals surface area contributed by atoms with Crippen LogP contribution in [0.4, 0.5) is 19.3 Å². The van der Waals surface area contributed by atoms with E-state index in [-0.39, 0.29) is 6.54 Å². The van der Waals surface area contributed by atoms with Gasteiger partial charge in [-0.05, 0) is 38.1 Å². The number of nitrogens with zero attached hydrogens (tertiary/aromatic N) is 1. The van der Waals surface area contributed by atoms with Crippen LogP contribution in [0, 0.1) is 25.5 Å². The summed E-state index contributed by atoms with van der Waals surface area (Å²) in [4.78, 5) is 11.8. The molecular weight excluding hydrogens is 332 g/mol. The standard InChI is InChI=1S/C17H15F2N3O3/c1-9-15(10(2)25-22-9)14-7-6-11(24-14)8-20-17(23)21-16-12(18)4-3-5-13(16)19/h3-7H,8H2,1-2H3,(H2,20,21,23). The molecule has 0 saturated heterocycles. The van der Waals surface area contributed by atoms with Crippen LogP contribution in [0.2, 0.25) is 0 Å². The Labute approximate surface area is 141 Å². The monoisotopic (exact) mass is 347 g/mol. The normalized spacial score (nSPS) is 10.7. The molecular formula is C17H15F2N3O3. The van der Waals surface area contributed by atoms with Gasteiger partial charge in [-0.3, -0.25) is 0 Å². The first-order chi connectivity index (χ1) is 12.0. The van der Waals surface area contributed by atoms with Crippen LogP contribution in [0.1, 0.15) is 17.2 Å². The summed E-state index contributed by atoms with van der Waals surface area (Å²) < 4.78 is 37.7. The summed E-state index contributed by atoms with van der Waals surface area (Å²) in [6.07, 6.45) is 0. The van der Waals surface area contributed by atoms with E-state index in [0.29, 0.717) is 23.0 Å². The van der Waals surface area contributed by atoms with E-state index >= 15 is 0 Å². The molecule has 0 unspecified atom stereocenters. The molecule has 0 aliphatic heterocycles. The highest BCUT2D eigenvalue weighted by Gasteiger charge is 2.16. The van der Waals surface area contributed by atoms with Crippen LogP contribution in [0.25, 0.3) is 11.3 Å². The molecule has 0 atom stereocenters. The first-order valence-electron chi connectivity index (χ1n) is 7.46. The van der Waals surface area contributed by atoms with E-state index in [1.165, 1.54) is 6.07 Å². The molecule has 2 amide bonds. The molecule has 8 heteroatoms. The van der Waals surface area contributed by atoms with E-state index in [1.54, 1.807) is 26.0 Å². The van der Waals surface area contributed by atoms with Gasteiger partial charge in [0.1, 0.15) is 34.6 Å². The number of amides is 2. The van der Waals surface area contributed by atoms with E-state index in [9.17, 15) is 13.6 Å². The zero-order valence-corrected chi connectivity index (χ0v) is 13.5. The first-order valence-corrected chi connectivity index (χ1v) is 7.46. The molecule has 0 aliphatic carbocycles. The van der Waals surface area contributed by atoms with Crippen molar-refractivity contribution in [1.82, 2.24) is 10.5 Å². The molecule has 2 aromatic heterocycles. The number of nitrogens with one attached hydrogen (secondary N) is 2. The predicted molar refractivity (Wildman–Crippen MR) is 85.9 cm³/mol. The highest BCUT2D eigenvalue weighted by Crippen LogP contribution is 2.28. The summed E-state index contributed by atoms with van der Waals surface area (Å²) in [5.74, 6) is -0.0467. The van der Waals surface area contributed by atoms with Gasteiger partial charge in [-0.2, -0.15) is 0 Å². The van der Waals surface area contributed by atoms with Gasteiger partial charge in [0, 0.05) is 0 Å². The van der Waals surface area contributed by atoms with Crippen LogP contribution in [0.5, 0.6) is 0 Å². The molecule has 0 spiro atoms. The number of hydrogen-bond acceptors (Lipinski definition) is 4. The Hall–Kier alpha value is -3.16. The van der Waals surface area contributed by atoms with Gasteiger partial charge in [-0.25, -0.2) is 13.6 Å². The van der Waals surface area contributed by atoms with Crippen LogP contribution in [0.3, 0.4) is 0 Å². The van der Waals surface area contributed by atoms with Crippen LogP contribution >= 0.6 is 0 Å². The van der Waals surface area contributed by atoms with Gasteiger partial charge in [-0.1, -0.05) is 11.2 Å². The lowest BCUT2D eigenvalue weighted by molar-refractivity contribution is 0.250. The average Bonchev–Trinajstić information content (AvgIpc) is 3.15. The second-order valence-corrected chi connectivity index (χ2v) is 5.37. The Balaban J connectivity index is 1.64. The fourth-order valence-corrected chi connectivity index (χ4v) is 2.38. The molecule has 0 aliphatic rings. The second kappa shape index (κ2) is 6.76. The largest absolute Gasteiger partial charge is 0.459 e. The number of carbonyl (C=O) groups is 1. The maximum absolute atomic E-state index is 13.5. The number of para-hydroxylation sites is 1. The summed E-state index contributed by atoms with van der Waals surface area (Å²) >= 11 is 0. The fraction of sp³-hybridized carbons (Fsp3) is 0.176. The minimum Gasteiger partial charge on any atom is -0.459 e. The SMILES string of the molecule is Cc1noc(C)c1-c1ccc(CNC(=O)Nc2c(F)cccc2F)o1. The first kappa shape index (κ1) is 16.7. The molecule has 1 aromatic carbocycles. The molecule has 3 aromatic rings. The number of urea groups is 1. The van der Waals surface area contributed by atoms with Gasteiger partial charge in [0.05, 0.1) is 17.8 Å². The van der Waals surface area contributed by atoms with Crippen LogP contribution in [0.15, 0.2) is 39.3 Å². The van der Waals surface area contributed by atoms with Crippen molar-refractivity contribution in [2.45, 2.75) is 20.4 Å². The summed E-state index contributed by atoms with van der Waals surface area (Å²) in [6.45, 7) is 3.61. The van der Waals surface area contributed by atoms with Gasteiger partial charge in [0.15, 0.2) is 0 Å². The van der Waals surface area contributed by atoms with E-state index in [2.05, 4.69) is 15.8 Å². The van der Waals surface area contributed by atoms with Crippen molar-refractivity contribution in [3.63, 3.8) is 0 Å². The van der Waals surface area contributed by atoms with Crippen molar-refractivity contribution < 1.29 is 22.5 Å². The zero-order chi connectivity index (χ0) is 18.0. The number of halogens is 2. The number of carbonyl (C=O) groups excluding carboxylic acids is 1. The Bertz CT molecular complexity index is 878. The van der Waals surface area contributed by atoms with Crippen molar-refractivity contribution in [2.75, 3.05) is 5.32 Å². The summed E-state index contributed by atoms with van der Waals surface area (Å²) in [5.41, 5.74) is 0.944. The van der Waals surface area contributed by atoms with Crippen molar-refractivity contribution in [2.24, 2.45) is 0 Å². The Morgan fingerprint density at radius 3 is 2.52 bits per heavy atom. The highest BCUT2D eigenvalue weighted by molar-refractivity contribution is 5.89. The number of aryl methyl sites for hydroxylation is 2. The van der Waals surface area contributed by atoms with Gasteiger partial charge >= 0.3 is 6.03 Å². The number of rotatable bonds is 4. The van der Waals surface area contributed by atoms with Gasteiger partial charge in [0.25, 0.3) is 0 Å². The molecule has 25 heavy (non-hydrogen) atoms. The molecule has 0 bridgehead atoms. The molecule has 6 nitrogen and oxygen atoms in total. The number of aromatic nitrogens is 1. The van der Waals surface area contributed by atoms with Gasteiger partial charge < -0.3 is 19.6 Å². The molecule has 3 rings (SSSR count). The van der Waals surface area contributed by atoms with Crippen LogP contribution in [-0.2, 0) is 6.54 Å². The van der Waals surface area contributed by atoms with Crippen LogP contribution in [-0.4, -0.2) is 11.2 Å². The topological polar surface area (TPSA) is 80.3 Å². The maximum atomic E-state index is 13.5. The van der Waals surface area contributed by atoms with Crippen molar-refractivity contribution in [3.05, 3.63) is 59.2 Å². The molecule has 0 radical (unpaired) electrons. The van der Waals surface area contributed by atoms with E-state index in [0.717, 1.165) is 17.7 Å². The highest BCUT2D eigenvalue weighted by atomic mass is 19.1. The predicted octanol–water partition coefficient (Wildman–Crippen LogP) is 4.15. The maximum Gasteiger partial charge on any atom is 0.319 e. The zero-order valence-electron chi connectivity index (χ0n) is 13.5.